The zero-order valence-electron chi connectivity index (χ0n) is 14.0. The van der Waals surface area contributed by atoms with E-state index in [-0.39, 0.29) is 12.0 Å². The molecule has 21 heavy (non-hydrogen) atoms. The maximum absolute atomic E-state index is 11.8. The Morgan fingerprint density at radius 3 is 2.76 bits per heavy atom. The highest BCUT2D eigenvalue weighted by atomic mass is 16.5. The highest BCUT2D eigenvalue weighted by Gasteiger charge is 2.48. The molecule has 124 valence electrons. The van der Waals surface area contributed by atoms with E-state index in [1.807, 2.05) is 20.8 Å². The molecule has 1 saturated carbocycles. The van der Waals surface area contributed by atoms with Gasteiger partial charge in [0.15, 0.2) is 0 Å². The fourth-order valence-electron chi connectivity index (χ4n) is 3.37. The second-order valence-corrected chi connectivity index (χ2v) is 6.45. The molecule has 0 aromatic heterocycles. The van der Waals surface area contributed by atoms with Crippen molar-refractivity contribution < 1.29 is 14.6 Å². The van der Waals surface area contributed by atoms with Crippen LogP contribution in [0.3, 0.4) is 0 Å². The van der Waals surface area contributed by atoms with Crippen LogP contribution >= 0.6 is 0 Å². The average Bonchev–Trinajstić information content (AvgIpc) is 2.80. The summed E-state index contributed by atoms with van der Waals surface area (Å²) in [6.07, 6.45) is 3.67. The first kappa shape index (κ1) is 18.4. The van der Waals surface area contributed by atoms with Crippen molar-refractivity contribution in [2.45, 2.75) is 58.0 Å². The van der Waals surface area contributed by atoms with Gasteiger partial charge in [0.25, 0.3) is 0 Å². The topological polar surface area (TPSA) is 61.8 Å². The number of aliphatic carboxylic acids is 1. The van der Waals surface area contributed by atoms with Gasteiger partial charge in [0, 0.05) is 19.2 Å². The maximum Gasteiger partial charge on any atom is 0.324 e. The molecule has 2 unspecified atom stereocenters. The molecular weight excluding hydrogens is 268 g/mol. The Bertz CT molecular complexity index is 323. The van der Waals surface area contributed by atoms with E-state index < -0.39 is 11.5 Å². The van der Waals surface area contributed by atoms with E-state index in [9.17, 15) is 9.90 Å². The van der Waals surface area contributed by atoms with E-state index in [2.05, 4.69) is 17.3 Å². The van der Waals surface area contributed by atoms with Crippen LogP contribution in [0.2, 0.25) is 0 Å². The predicted octanol–water partition coefficient (Wildman–Crippen LogP) is 1.97. The lowest BCUT2D eigenvalue weighted by molar-refractivity contribution is -0.147. The van der Waals surface area contributed by atoms with Crippen LogP contribution in [-0.4, -0.2) is 60.9 Å². The Balaban J connectivity index is 2.53. The molecule has 1 rings (SSSR count). The summed E-state index contributed by atoms with van der Waals surface area (Å²) in [5.41, 5.74) is -0.727. The van der Waals surface area contributed by atoms with Crippen molar-refractivity contribution in [3.63, 3.8) is 0 Å². The Hall–Kier alpha value is -0.650. The Kier molecular flexibility index (Phi) is 7.63. The Labute approximate surface area is 129 Å². The quantitative estimate of drug-likeness (QED) is 0.604. The van der Waals surface area contributed by atoms with Crippen molar-refractivity contribution in [2.24, 2.45) is 5.92 Å². The number of carboxylic acids is 1. The summed E-state index contributed by atoms with van der Waals surface area (Å²) in [6.45, 7) is 9.35. The van der Waals surface area contributed by atoms with E-state index in [1.54, 1.807) is 0 Å². The van der Waals surface area contributed by atoms with E-state index in [1.165, 1.54) is 0 Å². The lowest BCUT2D eigenvalue weighted by atomic mass is 9.84. The first-order valence-electron chi connectivity index (χ1n) is 8.19. The first-order valence-corrected chi connectivity index (χ1v) is 8.19. The van der Waals surface area contributed by atoms with E-state index in [0.717, 1.165) is 52.0 Å². The molecule has 0 heterocycles. The number of nitrogens with one attached hydrogen (secondary N) is 1. The second-order valence-electron chi connectivity index (χ2n) is 6.45. The highest BCUT2D eigenvalue weighted by Crippen LogP contribution is 2.38. The molecule has 0 spiro atoms. The minimum atomic E-state index is -0.727. The minimum Gasteiger partial charge on any atom is -0.480 e. The monoisotopic (exact) mass is 300 g/mol. The van der Waals surface area contributed by atoms with Crippen molar-refractivity contribution in [1.29, 1.82) is 0 Å². The van der Waals surface area contributed by atoms with Crippen LogP contribution in [0, 0.1) is 5.92 Å². The van der Waals surface area contributed by atoms with E-state index in [4.69, 9.17) is 4.74 Å². The molecule has 0 radical (unpaired) electrons. The van der Waals surface area contributed by atoms with Crippen molar-refractivity contribution in [3.05, 3.63) is 0 Å². The number of rotatable bonds is 10. The van der Waals surface area contributed by atoms with Crippen molar-refractivity contribution >= 4 is 5.97 Å². The Morgan fingerprint density at radius 2 is 2.19 bits per heavy atom. The van der Waals surface area contributed by atoms with Crippen LogP contribution in [0.5, 0.6) is 0 Å². The highest BCUT2D eigenvalue weighted by molar-refractivity contribution is 5.79. The normalized spacial score (nSPS) is 25.9. The average molecular weight is 300 g/mol. The SMILES string of the molecule is CCOCCN(C)CCC1CCCC1(NC(C)C)C(=O)O. The predicted molar refractivity (Wildman–Crippen MR) is 84.6 cm³/mol. The number of likely N-dealkylation sites (N-methyl/N-ethyl adjacent to an activating group) is 1. The fraction of sp³-hybridized carbons (Fsp3) is 0.938. The van der Waals surface area contributed by atoms with E-state index in [0.29, 0.717) is 0 Å². The number of carboxylic acid groups (broad SMARTS) is 1. The molecule has 0 aromatic carbocycles. The lowest BCUT2D eigenvalue weighted by Gasteiger charge is -2.35. The summed E-state index contributed by atoms with van der Waals surface area (Å²) < 4.78 is 5.36. The van der Waals surface area contributed by atoms with Crippen LogP contribution < -0.4 is 5.32 Å². The minimum absolute atomic E-state index is 0.192. The van der Waals surface area contributed by atoms with Gasteiger partial charge < -0.3 is 14.7 Å². The van der Waals surface area contributed by atoms with Crippen LogP contribution in [0.4, 0.5) is 0 Å². The summed E-state index contributed by atoms with van der Waals surface area (Å²) in [7, 11) is 2.08. The molecule has 5 heteroatoms. The van der Waals surface area contributed by atoms with Crippen molar-refractivity contribution in [3.8, 4) is 0 Å². The van der Waals surface area contributed by atoms with Crippen LogP contribution in [0.15, 0.2) is 0 Å². The fourth-order valence-corrected chi connectivity index (χ4v) is 3.37. The van der Waals surface area contributed by atoms with Gasteiger partial charge >= 0.3 is 5.97 Å². The van der Waals surface area contributed by atoms with Crippen LogP contribution in [0.25, 0.3) is 0 Å². The standard InChI is InChI=1S/C16H32N2O3/c1-5-21-12-11-18(4)10-8-14-7-6-9-16(14,15(19)20)17-13(2)3/h13-14,17H,5-12H2,1-4H3,(H,19,20). The largest absolute Gasteiger partial charge is 0.480 e. The molecule has 0 amide bonds. The van der Waals surface area contributed by atoms with Gasteiger partial charge in [-0.05, 0) is 59.5 Å². The summed E-state index contributed by atoms with van der Waals surface area (Å²) in [5, 5.41) is 13.1. The summed E-state index contributed by atoms with van der Waals surface area (Å²) >= 11 is 0. The molecule has 1 aliphatic carbocycles. The van der Waals surface area contributed by atoms with Crippen LogP contribution in [-0.2, 0) is 9.53 Å². The molecule has 2 atom stereocenters. The van der Waals surface area contributed by atoms with Gasteiger partial charge in [0.2, 0.25) is 0 Å². The molecule has 0 saturated heterocycles. The van der Waals surface area contributed by atoms with Gasteiger partial charge in [0.05, 0.1) is 6.61 Å². The number of ether oxygens (including phenoxy) is 1. The molecule has 0 bridgehead atoms. The molecule has 1 fully saturated rings. The Morgan fingerprint density at radius 1 is 1.48 bits per heavy atom. The smallest absolute Gasteiger partial charge is 0.324 e. The van der Waals surface area contributed by atoms with Gasteiger partial charge in [-0.1, -0.05) is 6.42 Å². The van der Waals surface area contributed by atoms with Crippen molar-refractivity contribution in [2.75, 3.05) is 33.4 Å². The second kappa shape index (κ2) is 8.71. The number of nitrogens with zero attached hydrogens (tertiary/aromatic N) is 1. The number of hydrogen-bond acceptors (Lipinski definition) is 4. The molecule has 0 aliphatic heterocycles. The number of carbonyl (C=O) groups is 1. The van der Waals surface area contributed by atoms with Gasteiger partial charge in [-0.25, -0.2) is 0 Å². The third kappa shape index (κ3) is 5.24. The van der Waals surface area contributed by atoms with Gasteiger partial charge in [-0.2, -0.15) is 0 Å². The van der Waals surface area contributed by atoms with Gasteiger partial charge in [-0.15, -0.1) is 0 Å². The third-order valence-corrected chi connectivity index (χ3v) is 4.43. The molecule has 5 nitrogen and oxygen atoms in total. The lowest BCUT2D eigenvalue weighted by Crippen LogP contribution is -2.57. The van der Waals surface area contributed by atoms with Crippen molar-refractivity contribution in [1.82, 2.24) is 10.2 Å². The first-order chi connectivity index (χ1) is 9.92. The molecular formula is C16H32N2O3. The van der Waals surface area contributed by atoms with Crippen LogP contribution in [0.1, 0.15) is 46.5 Å². The van der Waals surface area contributed by atoms with Gasteiger partial charge in [0.1, 0.15) is 5.54 Å². The van der Waals surface area contributed by atoms with E-state index >= 15 is 0 Å². The van der Waals surface area contributed by atoms with Gasteiger partial charge in [-0.3, -0.25) is 10.1 Å². The molecule has 1 aliphatic rings. The number of hydrogen-bond donors (Lipinski definition) is 2. The zero-order valence-corrected chi connectivity index (χ0v) is 14.0. The third-order valence-electron chi connectivity index (χ3n) is 4.43. The molecule has 0 aromatic rings. The summed E-state index contributed by atoms with van der Waals surface area (Å²) in [4.78, 5) is 14.1. The summed E-state index contributed by atoms with van der Waals surface area (Å²) in [6, 6.07) is 0.192. The molecule has 2 N–H and O–H groups in total. The maximum atomic E-state index is 11.8. The zero-order chi connectivity index (χ0) is 15.9. The summed E-state index contributed by atoms with van der Waals surface area (Å²) in [5.74, 6) is -0.470.